The zero-order valence-corrected chi connectivity index (χ0v) is 25.2. The third-order valence-electron chi connectivity index (χ3n) is 9.29. The van der Waals surface area contributed by atoms with Crippen molar-refractivity contribution < 1.29 is 32.9 Å². The molecule has 2 fully saturated rings. The van der Waals surface area contributed by atoms with Gasteiger partial charge >= 0.3 is 6.01 Å². The van der Waals surface area contributed by atoms with Gasteiger partial charge < -0.3 is 24.7 Å². The molecule has 10 nitrogen and oxygen atoms in total. The van der Waals surface area contributed by atoms with Crippen LogP contribution in [0.4, 0.5) is 19.0 Å². The summed E-state index contributed by atoms with van der Waals surface area (Å²) in [5.41, 5.74) is -0.436. The monoisotopic (exact) mass is 644 g/mol. The van der Waals surface area contributed by atoms with Gasteiger partial charge in [-0.3, -0.25) is 14.7 Å². The van der Waals surface area contributed by atoms with Crippen LogP contribution >= 0.6 is 0 Å². The van der Waals surface area contributed by atoms with Crippen LogP contribution in [0, 0.1) is 24.0 Å². The van der Waals surface area contributed by atoms with Crippen molar-refractivity contribution in [3.63, 3.8) is 0 Å². The fourth-order valence-corrected chi connectivity index (χ4v) is 6.99. The maximum Gasteiger partial charge on any atom is 0.319 e. The van der Waals surface area contributed by atoms with E-state index in [1.807, 2.05) is 0 Å². The fourth-order valence-electron chi connectivity index (χ4n) is 6.99. The Labute approximate surface area is 268 Å². The maximum atomic E-state index is 16.7. The number of pyridine rings is 1. The summed E-state index contributed by atoms with van der Waals surface area (Å²) in [6.45, 7) is 0.830. The largest absolute Gasteiger partial charge is 0.461 e. The van der Waals surface area contributed by atoms with Gasteiger partial charge in [0.1, 0.15) is 35.6 Å². The Balaban J connectivity index is 1.33. The quantitative estimate of drug-likeness (QED) is 0.292. The molecule has 0 spiro atoms. The van der Waals surface area contributed by atoms with E-state index in [1.54, 1.807) is 29.2 Å². The lowest BCUT2D eigenvalue weighted by Gasteiger charge is -2.32. The summed E-state index contributed by atoms with van der Waals surface area (Å²) in [7, 11) is 0. The van der Waals surface area contributed by atoms with E-state index in [-0.39, 0.29) is 59.2 Å². The number of aromatic nitrogens is 3. The van der Waals surface area contributed by atoms with Gasteiger partial charge in [0.2, 0.25) is 0 Å². The molecule has 2 aromatic carbocycles. The SMILES string of the molecule is C#Cc1c(F)ccc2cccc(-c3ncc4c(N5C=CN(C(=O)[C@@H](O)CO)CC5)nc(OC[C@@]56CCCN5C[C@H](F)C6)nc4c3F)c12. The van der Waals surface area contributed by atoms with Crippen LogP contribution in [0.1, 0.15) is 24.8 Å². The minimum Gasteiger partial charge on any atom is -0.461 e. The molecule has 3 atom stereocenters. The molecule has 242 valence electrons. The summed E-state index contributed by atoms with van der Waals surface area (Å²) in [5, 5.41) is 20.2. The van der Waals surface area contributed by atoms with E-state index in [0.717, 1.165) is 19.4 Å². The Hall–Kier alpha value is -4.77. The van der Waals surface area contributed by atoms with Crippen molar-refractivity contribution in [2.24, 2.45) is 0 Å². The number of aliphatic hydroxyl groups is 2. The van der Waals surface area contributed by atoms with Gasteiger partial charge in [-0.1, -0.05) is 30.2 Å². The second-order valence-electron chi connectivity index (χ2n) is 12.1. The van der Waals surface area contributed by atoms with E-state index in [9.17, 15) is 23.8 Å². The normalized spacial score (nSPS) is 21.7. The predicted octanol–water partition coefficient (Wildman–Crippen LogP) is 3.53. The number of amides is 1. The molecule has 3 aliphatic heterocycles. The van der Waals surface area contributed by atoms with Crippen molar-refractivity contribution >= 4 is 33.4 Å². The van der Waals surface area contributed by atoms with Crippen LogP contribution in [0.5, 0.6) is 6.01 Å². The maximum absolute atomic E-state index is 16.7. The second-order valence-corrected chi connectivity index (χ2v) is 12.1. The Bertz CT molecular complexity index is 1970. The highest BCUT2D eigenvalue weighted by molar-refractivity contribution is 6.02. The topological polar surface area (TPSA) is 115 Å². The van der Waals surface area contributed by atoms with Crippen LogP contribution in [0.15, 0.2) is 48.9 Å². The number of anilines is 1. The first-order chi connectivity index (χ1) is 22.7. The first kappa shape index (κ1) is 30.9. The standard InChI is InChI=1S/C34H31F3N6O4/c1-2-22-25(36)8-7-20-5-3-6-23(27(20)22)29-28(37)30-24(16-38-29)31(41-11-13-42(14-12-41)32(46)26(45)18-44)40-33(39-30)47-19-34-9-4-10-43(34)17-21(35)15-34/h1,3,5-8,11,13,16,21,26,44-45H,4,9-10,12,14-15,17-19H2/t21-,26+,34+/m1/s1. The molecular weight excluding hydrogens is 613 g/mol. The first-order valence-corrected chi connectivity index (χ1v) is 15.3. The number of carbonyl (C=O) groups excluding carboxylic acids is 1. The summed E-state index contributed by atoms with van der Waals surface area (Å²) in [6.07, 6.45) is 9.51. The van der Waals surface area contributed by atoms with E-state index >= 15 is 4.39 Å². The molecule has 7 rings (SSSR count). The molecular formula is C34H31F3N6O4. The molecule has 5 heterocycles. The van der Waals surface area contributed by atoms with Crippen molar-refractivity contribution in [2.45, 2.75) is 37.1 Å². The molecule has 0 radical (unpaired) electrons. The van der Waals surface area contributed by atoms with Crippen LogP contribution in [0.25, 0.3) is 32.9 Å². The molecule has 2 N–H and O–H groups in total. The average molecular weight is 645 g/mol. The molecule has 47 heavy (non-hydrogen) atoms. The fraction of sp³-hybridized carbons (Fsp3) is 0.353. The van der Waals surface area contributed by atoms with E-state index in [0.29, 0.717) is 23.7 Å². The molecule has 0 saturated carbocycles. The first-order valence-electron chi connectivity index (χ1n) is 15.3. The molecule has 0 bridgehead atoms. The molecule has 0 aliphatic carbocycles. The van der Waals surface area contributed by atoms with Crippen molar-refractivity contribution in [3.05, 3.63) is 66.1 Å². The summed E-state index contributed by atoms with van der Waals surface area (Å²) >= 11 is 0. The number of aliphatic hydroxyl groups excluding tert-OH is 2. The molecule has 0 unspecified atom stereocenters. The van der Waals surface area contributed by atoms with Gasteiger partial charge in [0.25, 0.3) is 5.91 Å². The lowest BCUT2D eigenvalue weighted by Crippen LogP contribution is -2.44. The number of hydrogen-bond donors (Lipinski definition) is 2. The van der Waals surface area contributed by atoms with Gasteiger partial charge in [0.15, 0.2) is 11.9 Å². The number of nitrogens with zero attached hydrogens (tertiary/aromatic N) is 6. The highest BCUT2D eigenvalue weighted by Crippen LogP contribution is 2.41. The Morgan fingerprint density at radius 2 is 2.02 bits per heavy atom. The van der Waals surface area contributed by atoms with E-state index in [2.05, 4.69) is 25.8 Å². The van der Waals surface area contributed by atoms with Crippen LogP contribution in [-0.4, -0.2) is 98.1 Å². The smallest absolute Gasteiger partial charge is 0.319 e. The highest BCUT2D eigenvalue weighted by atomic mass is 19.1. The number of benzene rings is 2. The lowest BCUT2D eigenvalue weighted by molar-refractivity contribution is -0.139. The van der Waals surface area contributed by atoms with Gasteiger partial charge in [-0.05, 0) is 30.8 Å². The number of alkyl halides is 1. The zero-order chi connectivity index (χ0) is 32.9. The molecule has 2 aromatic heterocycles. The predicted molar refractivity (Wildman–Crippen MR) is 168 cm³/mol. The third kappa shape index (κ3) is 5.32. The van der Waals surface area contributed by atoms with Crippen molar-refractivity contribution in [2.75, 3.05) is 44.3 Å². The minimum absolute atomic E-state index is 0.0150. The number of hydrogen-bond acceptors (Lipinski definition) is 9. The van der Waals surface area contributed by atoms with Crippen molar-refractivity contribution in [1.29, 1.82) is 0 Å². The summed E-state index contributed by atoms with van der Waals surface area (Å²) in [5.74, 6) is 0.540. The van der Waals surface area contributed by atoms with Gasteiger partial charge in [-0.15, -0.1) is 6.42 Å². The van der Waals surface area contributed by atoms with Crippen molar-refractivity contribution in [1.82, 2.24) is 24.8 Å². The molecule has 2 saturated heterocycles. The Morgan fingerprint density at radius 1 is 1.17 bits per heavy atom. The second kappa shape index (κ2) is 12.1. The van der Waals surface area contributed by atoms with Crippen LogP contribution in [-0.2, 0) is 4.79 Å². The summed E-state index contributed by atoms with van der Waals surface area (Å²) in [6, 6.07) is 7.76. The van der Waals surface area contributed by atoms with Crippen LogP contribution < -0.4 is 9.64 Å². The van der Waals surface area contributed by atoms with Crippen molar-refractivity contribution in [3.8, 4) is 29.6 Å². The van der Waals surface area contributed by atoms with Gasteiger partial charge in [0.05, 0.1) is 23.1 Å². The average Bonchev–Trinajstić information content (AvgIpc) is 3.62. The Kier molecular flexibility index (Phi) is 7.95. The van der Waals surface area contributed by atoms with Gasteiger partial charge in [-0.25, -0.2) is 13.2 Å². The number of rotatable bonds is 7. The Morgan fingerprint density at radius 3 is 2.79 bits per heavy atom. The highest BCUT2D eigenvalue weighted by Gasteiger charge is 2.49. The minimum atomic E-state index is -1.56. The van der Waals surface area contributed by atoms with E-state index < -0.39 is 42.0 Å². The molecule has 1 amide bonds. The van der Waals surface area contributed by atoms with E-state index in [4.69, 9.17) is 11.2 Å². The number of halogens is 3. The van der Waals surface area contributed by atoms with Gasteiger partial charge in [0, 0.05) is 55.6 Å². The number of terminal acetylenes is 1. The number of fused-ring (bicyclic) bond motifs is 3. The number of carbonyl (C=O) groups is 1. The third-order valence-corrected chi connectivity index (χ3v) is 9.29. The van der Waals surface area contributed by atoms with Gasteiger partial charge in [-0.2, -0.15) is 9.97 Å². The zero-order valence-electron chi connectivity index (χ0n) is 25.2. The lowest BCUT2D eigenvalue weighted by atomic mass is 9.95. The van der Waals surface area contributed by atoms with Crippen LogP contribution in [0.2, 0.25) is 0 Å². The number of ether oxygens (including phenoxy) is 1. The van der Waals surface area contributed by atoms with E-state index in [1.165, 1.54) is 29.6 Å². The molecule has 4 aromatic rings. The van der Waals surface area contributed by atoms with Crippen LogP contribution in [0.3, 0.4) is 0 Å². The summed E-state index contributed by atoms with van der Waals surface area (Å²) < 4.78 is 52.1. The molecule has 13 heteroatoms. The molecule has 3 aliphatic rings. The summed E-state index contributed by atoms with van der Waals surface area (Å²) in [4.78, 5) is 31.0.